The van der Waals surface area contributed by atoms with Gasteiger partial charge in [0.1, 0.15) is 0 Å². The van der Waals surface area contributed by atoms with Crippen LogP contribution in [0.5, 0.6) is 0 Å². The molecule has 1 heterocycles. The summed E-state index contributed by atoms with van der Waals surface area (Å²) in [4.78, 5) is 13.6. The zero-order chi connectivity index (χ0) is 17.2. The van der Waals surface area contributed by atoms with Crippen molar-refractivity contribution in [2.75, 3.05) is 23.3 Å². The molecule has 2 amide bonds. The van der Waals surface area contributed by atoms with Crippen LogP contribution in [0.15, 0.2) is 24.3 Å². The molecule has 1 aromatic carbocycles. The summed E-state index contributed by atoms with van der Waals surface area (Å²) in [6.07, 6.45) is -1.60. The summed E-state index contributed by atoms with van der Waals surface area (Å²) < 4.78 is 38.8. The van der Waals surface area contributed by atoms with Crippen LogP contribution in [0.2, 0.25) is 0 Å². The molecule has 1 aliphatic heterocycles. The summed E-state index contributed by atoms with van der Waals surface area (Å²) in [6, 6.07) is 7.02. The van der Waals surface area contributed by atoms with Crippen LogP contribution in [0.1, 0.15) is 32.1 Å². The largest absolute Gasteiger partial charge is 0.391 e. The minimum atomic E-state index is -4.12. The Morgan fingerprint density at radius 3 is 2.79 bits per heavy atom. The first kappa shape index (κ1) is 16.9. The van der Waals surface area contributed by atoms with E-state index < -0.39 is 12.1 Å². The van der Waals surface area contributed by atoms with E-state index in [4.69, 9.17) is 0 Å². The molecule has 2 atom stereocenters. The second-order valence-corrected chi connectivity index (χ2v) is 6.53. The molecule has 1 aromatic rings. The van der Waals surface area contributed by atoms with Crippen molar-refractivity contribution in [3.63, 3.8) is 0 Å². The lowest BCUT2D eigenvalue weighted by molar-refractivity contribution is -0.182. The van der Waals surface area contributed by atoms with E-state index in [-0.39, 0.29) is 24.9 Å². The van der Waals surface area contributed by atoms with Crippen molar-refractivity contribution < 1.29 is 18.0 Å². The molecular formula is C17H22F3N3O. The Balaban J connectivity index is 1.67. The van der Waals surface area contributed by atoms with Crippen molar-refractivity contribution in [3.05, 3.63) is 24.3 Å². The predicted molar refractivity (Wildman–Crippen MR) is 87.2 cm³/mol. The third-order valence-electron chi connectivity index (χ3n) is 4.75. The zero-order valence-corrected chi connectivity index (χ0v) is 13.4. The van der Waals surface area contributed by atoms with Gasteiger partial charge in [0.25, 0.3) is 0 Å². The van der Waals surface area contributed by atoms with Crippen molar-refractivity contribution in [1.29, 1.82) is 0 Å². The molecule has 0 aromatic heterocycles. The van der Waals surface area contributed by atoms with Gasteiger partial charge in [-0.25, -0.2) is 4.79 Å². The number of nitrogens with zero attached hydrogens (tertiary/aromatic N) is 1. The van der Waals surface area contributed by atoms with Crippen LogP contribution < -0.4 is 15.5 Å². The van der Waals surface area contributed by atoms with Crippen LogP contribution in [0.25, 0.3) is 0 Å². The van der Waals surface area contributed by atoms with Crippen molar-refractivity contribution in [2.45, 2.75) is 44.3 Å². The van der Waals surface area contributed by atoms with E-state index in [1.54, 1.807) is 4.90 Å². The first-order chi connectivity index (χ1) is 11.4. The number of carbonyl (C=O) groups excluding carboxylic acids is 1. The third-order valence-corrected chi connectivity index (χ3v) is 4.75. The van der Waals surface area contributed by atoms with Gasteiger partial charge in [0.2, 0.25) is 0 Å². The van der Waals surface area contributed by atoms with Crippen LogP contribution in [-0.2, 0) is 0 Å². The number of amides is 2. The van der Waals surface area contributed by atoms with Crippen molar-refractivity contribution in [3.8, 4) is 0 Å². The van der Waals surface area contributed by atoms with Gasteiger partial charge < -0.3 is 10.6 Å². The number of hydrogen-bond acceptors (Lipinski definition) is 2. The van der Waals surface area contributed by atoms with Gasteiger partial charge >= 0.3 is 12.2 Å². The van der Waals surface area contributed by atoms with Gasteiger partial charge in [0.15, 0.2) is 0 Å². The number of nitrogens with one attached hydrogen (secondary N) is 2. The quantitative estimate of drug-likeness (QED) is 0.868. The smallest absolute Gasteiger partial charge is 0.382 e. The van der Waals surface area contributed by atoms with E-state index in [1.807, 2.05) is 24.3 Å². The summed E-state index contributed by atoms with van der Waals surface area (Å²) in [5, 5.41) is 6.01. The van der Waals surface area contributed by atoms with E-state index in [0.29, 0.717) is 19.5 Å². The van der Waals surface area contributed by atoms with Gasteiger partial charge in [-0.1, -0.05) is 12.5 Å². The first-order valence-corrected chi connectivity index (χ1v) is 8.42. The number of hydrogen-bond donors (Lipinski definition) is 2. The molecule has 1 aliphatic carbocycles. The maximum atomic E-state index is 12.9. The Morgan fingerprint density at radius 2 is 2.04 bits per heavy atom. The summed E-state index contributed by atoms with van der Waals surface area (Å²) in [6.45, 7) is 1.32. The minimum Gasteiger partial charge on any atom is -0.382 e. The Hall–Kier alpha value is -1.92. The second-order valence-electron chi connectivity index (χ2n) is 6.53. The Kier molecular flexibility index (Phi) is 4.87. The van der Waals surface area contributed by atoms with Gasteiger partial charge in [0.05, 0.1) is 5.92 Å². The minimum absolute atomic E-state index is 0.109. The highest BCUT2D eigenvalue weighted by atomic mass is 19.4. The topological polar surface area (TPSA) is 44.4 Å². The average molecular weight is 341 g/mol. The molecular weight excluding hydrogens is 319 g/mol. The maximum Gasteiger partial charge on any atom is 0.391 e. The fraction of sp³-hybridized carbons (Fsp3) is 0.588. The normalized spacial score (nSPS) is 25.3. The van der Waals surface area contributed by atoms with Gasteiger partial charge in [-0.05, 0) is 43.9 Å². The van der Waals surface area contributed by atoms with Crippen LogP contribution in [0, 0.1) is 5.92 Å². The lowest BCUT2D eigenvalue weighted by Crippen LogP contribution is -2.46. The third kappa shape index (κ3) is 3.94. The highest BCUT2D eigenvalue weighted by molar-refractivity contribution is 5.93. The molecule has 7 heteroatoms. The highest BCUT2D eigenvalue weighted by Crippen LogP contribution is 2.38. The zero-order valence-electron chi connectivity index (χ0n) is 13.4. The fourth-order valence-corrected chi connectivity index (χ4v) is 3.49. The predicted octanol–water partition coefficient (Wildman–Crippen LogP) is 4.14. The molecule has 2 N–H and O–H groups in total. The summed E-state index contributed by atoms with van der Waals surface area (Å²) in [7, 11) is 0. The molecule has 0 unspecified atom stereocenters. The lowest BCUT2D eigenvalue weighted by Gasteiger charge is -2.32. The number of benzene rings is 1. The first-order valence-electron chi connectivity index (χ1n) is 8.42. The molecule has 2 fully saturated rings. The second kappa shape index (κ2) is 6.91. The molecule has 0 bridgehead atoms. The fourth-order valence-electron chi connectivity index (χ4n) is 3.49. The van der Waals surface area contributed by atoms with Crippen LogP contribution >= 0.6 is 0 Å². The van der Waals surface area contributed by atoms with Crippen LogP contribution in [0.4, 0.5) is 29.3 Å². The number of anilines is 2. The number of carbonyl (C=O) groups is 1. The molecule has 2 aliphatic rings. The average Bonchev–Trinajstić information content (AvgIpc) is 2.55. The molecule has 1 saturated carbocycles. The van der Waals surface area contributed by atoms with Crippen LogP contribution in [0.3, 0.4) is 0 Å². The number of urea groups is 1. The summed E-state index contributed by atoms with van der Waals surface area (Å²) in [5.74, 6) is -1.22. The Morgan fingerprint density at radius 1 is 1.21 bits per heavy atom. The Bertz CT molecular complexity index is 591. The van der Waals surface area contributed by atoms with Gasteiger partial charge in [-0.3, -0.25) is 4.90 Å². The number of halogens is 3. The van der Waals surface area contributed by atoms with E-state index in [9.17, 15) is 18.0 Å². The monoisotopic (exact) mass is 341 g/mol. The molecule has 3 rings (SSSR count). The number of rotatable bonds is 3. The van der Waals surface area contributed by atoms with Crippen molar-refractivity contribution >= 4 is 17.4 Å². The molecule has 0 spiro atoms. The van der Waals surface area contributed by atoms with Gasteiger partial charge in [-0.2, -0.15) is 13.2 Å². The summed E-state index contributed by atoms with van der Waals surface area (Å²) in [5.41, 5.74) is 1.53. The highest BCUT2D eigenvalue weighted by Gasteiger charge is 2.42. The molecule has 132 valence electrons. The maximum absolute atomic E-state index is 12.9. The van der Waals surface area contributed by atoms with Gasteiger partial charge in [-0.15, -0.1) is 0 Å². The van der Waals surface area contributed by atoms with Crippen LogP contribution in [-0.4, -0.2) is 31.3 Å². The van der Waals surface area contributed by atoms with E-state index in [1.165, 1.54) is 0 Å². The molecule has 4 nitrogen and oxygen atoms in total. The Labute approximate surface area is 139 Å². The molecule has 1 saturated heterocycles. The SMILES string of the molecule is O=C1NCCCN1c1cccc(N[C@@H]2CCC[C@H](C(F)(F)F)C2)c1. The van der Waals surface area contributed by atoms with Gasteiger partial charge in [0, 0.05) is 30.5 Å². The van der Waals surface area contributed by atoms with E-state index in [2.05, 4.69) is 10.6 Å². The van der Waals surface area contributed by atoms with E-state index in [0.717, 1.165) is 24.2 Å². The number of alkyl halides is 3. The van der Waals surface area contributed by atoms with Crippen molar-refractivity contribution in [1.82, 2.24) is 5.32 Å². The molecule has 0 radical (unpaired) electrons. The standard InChI is InChI=1S/C17H22F3N3O/c18-17(19,20)12-4-1-5-13(10-12)22-14-6-2-7-15(11-14)23-9-3-8-21-16(23)24/h2,6-7,11-13,22H,1,3-5,8-10H2,(H,21,24)/t12-,13+/m0/s1. The summed E-state index contributed by atoms with van der Waals surface area (Å²) >= 11 is 0. The molecule has 24 heavy (non-hydrogen) atoms. The van der Waals surface area contributed by atoms with Crippen molar-refractivity contribution in [2.24, 2.45) is 5.92 Å². The lowest BCUT2D eigenvalue weighted by atomic mass is 9.85. The van der Waals surface area contributed by atoms with E-state index >= 15 is 0 Å².